The zero-order valence-electron chi connectivity index (χ0n) is 8.17. The van der Waals surface area contributed by atoms with E-state index in [0.29, 0.717) is 3.57 Å². The summed E-state index contributed by atoms with van der Waals surface area (Å²) in [5.41, 5.74) is 5.00. The maximum atomic E-state index is 11.5. The second kappa shape index (κ2) is 4.65. The molecule has 1 saturated heterocycles. The van der Waals surface area contributed by atoms with Crippen molar-refractivity contribution >= 4 is 28.4 Å². The van der Waals surface area contributed by atoms with Gasteiger partial charge in [0.1, 0.15) is 5.82 Å². The minimum atomic E-state index is -0.688. The van der Waals surface area contributed by atoms with Crippen LogP contribution >= 0.6 is 22.6 Å². The minimum absolute atomic E-state index is 0.194. The fourth-order valence-corrected chi connectivity index (χ4v) is 1.77. The summed E-state index contributed by atoms with van der Waals surface area (Å²) in [6.07, 6.45) is 0.303. The van der Waals surface area contributed by atoms with E-state index in [1.54, 1.807) is 6.20 Å². The van der Waals surface area contributed by atoms with E-state index in [2.05, 4.69) is 4.98 Å². The standard InChI is InChI=1S/C8H10IN3O4/c9-4-1-12(8(14)11-7(4)10)5-3-15-6(2-13)16-5/h1,5-6,13H,2-3H2,(H2,10,11,14)/t5-,6-/m0/s1/i9-2. The second-order valence-electron chi connectivity index (χ2n) is 3.20. The van der Waals surface area contributed by atoms with Gasteiger partial charge in [-0.3, -0.25) is 4.57 Å². The molecule has 1 fully saturated rings. The van der Waals surface area contributed by atoms with Crippen LogP contribution in [-0.4, -0.2) is 34.2 Å². The van der Waals surface area contributed by atoms with Gasteiger partial charge in [-0.25, -0.2) is 4.79 Å². The third-order valence-electron chi connectivity index (χ3n) is 2.13. The maximum Gasteiger partial charge on any atom is 0.351 e. The van der Waals surface area contributed by atoms with Crippen molar-refractivity contribution in [3.05, 3.63) is 20.3 Å². The number of hydrogen-bond acceptors (Lipinski definition) is 6. The Bertz CT molecular complexity index is 449. The normalized spacial score (nSPS) is 24.9. The Hall–Kier alpha value is -0.710. The van der Waals surface area contributed by atoms with Crippen molar-refractivity contribution in [3.8, 4) is 0 Å². The summed E-state index contributed by atoms with van der Waals surface area (Å²) in [4.78, 5) is 15.2. The molecule has 0 radical (unpaired) electrons. The number of halogens is 1. The Balaban J connectivity index is 2.28. The molecule has 16 heavy (non-hydrogen) atoms. The van der Waals surface area contributed by atoms with E-state index >= 15 is 0 Å². The highest BCUT2D eigenvalue weighted by Gasteiger charge is 2.27. The van der Waals surface area contributed by atoms with Gasteiger partial charge in [0.15, 0.2) is 12.5 Å². The highest BCUT2D eigenvalue weighted by Crippen LogP contribution is 2.20. The zero-order valence-corrected chi connectivity index (χ0v) is 10.3. The van der Waals surface area contributed by atoms with Gasteiger partial charge in [0.05, 0.1) is 16.8 Å². The molecule has 2 atom stereocenters. The molecule has 0 aliphatic carbocycles. The van der Waals surface area contributed by atoms with Crippen LogP contribution in [0.1, 0.15) is 6.23 Å². The van der Waals surface area contributed by atoms with Crippen LogP contribution in [0.25, 0.3) is 0 Å². The van der Waals surface area contributed by atoms with Gasteiger partial charge in [-0.2, -0.15) is 4.98 Å². The van der Waals surface area contributed by atoms with Crippen molar-refractivity contribution in [1.29, 1.82) is 0 Å². The lowest BCUT2D eigenvalue weighted by Gasteiger charge is -2.12. The van der Waals surface area contributed by atoms with Gasteiger partial charge in [0, 0.05) is 6.20 Å². The number of aromatic nitrogens is 2. The summed E-state index contributed by atoms with van der Waals surface area (Å²) in [5.74, 6) is 0.194. The summed E-state index contributed by atoms with van der Waals surface area (Å²) < 4.78 is 12.3. The first kappa shape index (κ1) is 11.8. The third kappa shape index (κ3) is 2.19. The lowest BCUT2D eigenvalue weighted by Crippen LogP contribution is -2.29. The number of nitrogen functional groups attached to an aromatic ring is 1. The Morgan fingerprint density at radius 3 is 3.12 bits per heavy atom. The molecule has 8 heteroatoms. The van der Waals surface area contributed by atoms with Crippen molar-refractivity contribution in [1.82, 2.24) is 9.55 Å². The van der Waals surface area contributed by atoms with Gasteiger partial charge in [-0.1, -0.05) is 0 Å². The van der Waals surface area contributed by atoms with Gasteiger partial charge in [-0.05, 0) is 22.6 Å². The van der Waals surface area contributed by atoms with E-state index in [-0.39, 0.29) is 19.0 Å². The molecule has 0 bridgehead atoms. The fraction of sp³-hybridized carbons (Fsp3) is 0.500. The van der Waals surface area contributed by atoms with Gasteiger partial charge in [-0.15, -0.1) is 0 Å². The summed E-state index contributed by atoms with van der Waals surface area (Å²) in [6.45, 7) is -0.0441. The van der Waals surface area contributed by atoms with Crippen molar-refractivity contribution in [2.75, 3.05) is 18.9 Å². The zero-order chi connectivity index (χ0) is 11.7. The van der Waals surface area contributed by atoms with E-state index in [9.17, 15) is 4.79 Å². The van der Waals surface area contributed by atoms with Crippen LogP contribution in [0.5, 0.6) is 0 Å². The number of hydrogen-bond donors (Lipinski definition) is 2. The summed E-state index contributed by atoms with van der Waals surface area (Å²) >= 11 is 1.97. The highest BCUT2D eigenvalue weighted by molar-refractivity contribution is 14.1. The van der Waals surface area contributed by atoms with E-state index < -0.39 is 18.2 Å². The molecule has 0 aromatic carbocycles. The predicted molar refractivity (Wildman–Crippen MR) is 62.6 cm³/mol. The smallest absolute Gasteiger partial charge is 0.351 e. The molecular weight excluding hydrogens is 327 g/mol. The van der Waals surface area contributed by atoms with Crippen molar-refractivity contribution < 1.29 is 14.6 Å². The van der Waals surface area contributed by atoms with Crippen molar-refractivity contribution in [2.24, 2.45) is 0 Å². The number of aliphatic hydroxyl groups excluding tert-OH is 1. The average molecular weight is 337 g/mol. The molecule has 3 N–H and O–H groups in total. The lowest BCUT2D eigenvalue weighted by molar-refractivity contribution is -0.0992. The molecule has 0 spiro atoms. The molecule has 88 valence electrons. The minimum Gasteiger partial charge on any atom is -0.391 e. The molecule has 0 amide bonds. The van der Waals surface area contributed by atoms with Gasteiger partial charge in [0.2, 0.25) is 0 Å². The molecule has 2 rings (SSSR count). The monoisotopic (exact) mass is 337 g/mol. The topological polar surface area (TPSA) is 99.6 Å². The lowest BCUT2D eigenvalue weighted by atomic mass is 10.5. The number of nitrogens with two attached hydrogens (primary N) is 1. The number of rotatable bonds is 2. The summed E-state index contributed by atoms with van der Waals surface area (Å²) in [6, 6.07) is 0. The fourth-order valence-electron chi connectivity index (χ4n) is 1.35. The Morgan fingerprint density at radius 1 is 1.75 bits per heavy atom. The SMILES string of the molecule is Nc1nc(=O)n([C@@H]2CO[C@H](CO)O2)cc1[125I]. The average Bonchev–Trinajstić information content (AvgIpc) is 2.71. The van der Waals surface area contributed by atoms with Crippen LogP contribution in [0.3, 0.4) is 0 Å². The molecule has 1 aliphatic heterocycles. The molecule has 2 heterocycles. The van der Waals surface area contributed by atoms with E-state index in [0.717, 1.165) is 0 Å². The first-order valence-corrected chi connectivity index (χ1v) is 5.61. The van der Waals surface area contributed by atoms with E-state index in [1.165, 1.54) is 4.57 Å². The predicted octanol–water partition coefficient (Wildman–Crippen LogP) is -0.706. The number of aliphatic hydroxyl groups is 1. The van der Waals surface area contributed by atoms with Crippen molar-refractivity contribution in [2.45, 2.75) is 12.5 Å². The second-order valence-corrected chi connectivity index (χ2v) is 4.36. The van der Waals surface area contributed by atoms with Gasteiger partial charge >= 0.3 is 5.69 Å². The van der Waals surface area contributed by atoms with Crippen LogP contribution in [0.4, 0.5) is 5.82 Å². The largest absolute Gasteiger partial charge is 0.391 e. The first-order chi connectivity index (χ1) is 7.61. The van der Waals surface area contributed by atoms with Crippen LogP contribution < -0.4 is 11.4 Å². The number of ether oxygens (including phenoxy) is 2. The molecule has 1 aromatic rings. The molecule has 1 aromatic heterocycles. The van der Waals surface area contributed by atoms with E-state index in [4.69, 9.17) is 20.3 Å². The third-order valence-corrected chi connectivity index (χ3v) is 2.96. The van der Waals surface area contributed by atoms with Crippen LogP contribution in [-0.2, 0) is 9.47 Å². The van der Waals surface area contributed by atoms with Gasteiger partial charge in [0.25, 0.3) is 0 Å². The maximum absolute atomic E-state index is 11.5. The summed E-state index contributed by atoms with van der Waals surface area (Å²) in [5, 5.41) is 8.82. The quantitative estimate of drug-likeness (QED) is 0.692. The molecule has 0 saturated carbocycles. The Morgan fingerprint density at radius 2 is 2.50 bits per heavy atom. The number of anilines is 1. The number of nitrogens with zero attached hydrogens (tertiary/aromatic N) is 2. The first-order valence-electron chi connectivity index (χ1n) is 4.54. The molecule has 7 nitrogen and oxygen atoms in total. The molecular formula is C8H10IN3O4. The highest BCUT2D eigenvalue weighted by atomic mass is 125. The van der Waals surface area contributed by atoms with Crippen LogP contribution in [0.15, 0.2) is 11.0 Å². The Kier molecular flexibility index (Phi) is 3.42. The summed E-state index contributed by atoms with van der Waals surface area (Å²) in [7, 11) is 0. The van der Waals surface area contributed by atoms with Crippen LogP contribution in [0, 0.1) is 3.57 Å². The van der Waals surface area contributed by atoms with Gasteiger partial charge < -0.3 is 20.3 Å². The van der Waals surface area contributed by atoms with E-state index in [1.807, 2.05) is 22.6 Å². The molecule has 1 aliphatic rings. The molecule has 0 unspecified atom stereocenters. The van der Waals surface area contributed by atoms with Crippen LogP contribution in [0.2, 0.25) is 0 Å². The van der Waals surface area contributed by atoms with Crippen molar-refractivity contribution in [3.63, 3.8) is 0 Å². The Labute approximate surface area is 104 Å².